The molecule has 3 fully saturated rings. The zero-order valence-electron chi connectivity index (χ0n) is 12.5. The lowest BCUT2D eigenvalue weighted by molar-refractivity contribution is -0.178. The van der Waals surface area contributed by atoms with Gasteiger partial charge in [0.1, 0.15) is 5.75 Å². The Morgan fingerprint density at radius 3 is 2.91 bits per heavy atom. The van der Waals surface area contributed by atoms with Crippen LogP contribution in [0.4, 0.5) is 0 Å². The highest BCUT2D eigenvalue weighted by Gasteiger charge is 2.62. The second-order valence-corrected chi connectivity index (χ2v) is 7.13. The quantitative estimate of drug-likeness (QED) is 0.835. The summed E-state index contributed by atoms with van der Waals surface area (Å²) < 4.78 is 6.23. The van der Waals surface area contributed by atoms with Crippen molar-refractivity contribution < 1.29 is 19.4 Å². The van der Waals surface area contributed by atoms with Crippen molar-refractivity contribution in [1.29, 1.82) is 0 Å². The van der Waals surface area contributed by atoms with E-state index in [0.29, 0.717) is 24.2 Å². The molecule has 1 spiro atoms. The lowest BCUT2D eigenvalue weighted by Crippen LogP contribution is -2.68. The summed E-state index contributed by atoms with van der Waals surface area (Å²) in [6, 6.07) is 7.23. The van der Waals surface area contributed by atoms with Gasteiger partial charge in [-0.1, -0.05) is 19.1 Å². The van der Waals surface area contributed by atoms with Crippen LogP contribution in [0.5, 0.6) is 5.75 Å². The third kappa shape index (κ3) is 1.71. The minimum Gasteiger partial charge on any atom is -0.481 e. The summed E-state index contributed by atoms with van der Waals surface area (Å²) in [6.07, 6.45) is 2.88. The largest absolute Gasteiger partial charge is 0.481 e. The molecule has 22 heavy (non-hydrogen) atoms. The van der Waals surface area contributed by atoms with Crippen molar-refractivity contribution in [2.45, 2.75) is 38.3 Å². The Labute approximate surface area is 128 Å². The molecule has 2 bridgehead atoms. The average molecular weight is 301 g/mol. The summed E-state index contributed by atoms with van der Waals surface area (Å²) >= 11 is 0. The lowest BCUT2D eigenvalue weighted by atomic mass is 9.52. The number of carboxylic acids is 1. The second-order valence-electron chi connectivity index (χ2n) is 7.13. The fraction of sp³-hybridized carbons (Fsp3) is 0.529. The molecule has 0 saturated heterocycles. The summed E-state index contributed by atoms with van der Waals surface area (Å²) in [6.45, 7) is 2.01. The highest BCUT2D eigenvalue weighted by molar-refractivity contribution is 5.98. The van der Waals surface area contributed by atoms with E-state index in [4.69, 9.17) is 4.74 Å². The van der Waals surface area contributed by atoms with E-state index in [1.54, 1.807) is 6.07 Å². The molecule has 5 rings (SSSR count). The van der Waals surface area contributed by atoms with E-state index in [9.17, 15) is 14.7 Å². The summed E-state index contributed by atoms with van der Waals surface area (Å²) in [7, 11) is 0. The van der Waals surface area contributed by atoms with E-state index in [1.807, 2.05) is 25.1 Å². The number of carbonyl (C=O) groups is 2. The number of nitrogens with one attached hydrogen (secondary N) is 1. The molecule has 4 aliphatic rings. The molecule has 0 aromatic heterocycles. The first-order chi connectivity index (χ1) is 10.4. The van der Waals surface area contributed by atoms with Gasteiger partial charge in [0.15, 0.2) is 5.72 Å². The minimum absolute atomic E-state index is 0.0488. The summed E-state index contributed by atoms with van der Waals surface area (Å²) in [5, 5.41) is 12.5. The number of hydrogen-bond donors (Lipinski definition) is 2. The van der Waals surface area contributed by atoms with Crippen molar-refractivity contribution in [3.8, 4) is 5.75 Å². The molecule has 4 atom stereocenters. The number of carboxylic acid groups (broad SMARTS) is 1. The molecule has 0 unspecified atom stereocenters. The molecule has 1 aromatic rings. The molecule has 1 aromatic carbocycles. The number of fused-ring (bicyclic) bond motifs is 3. The van der Waals surface area contributed by atoms with Crippen LogP contribution in [0.25, 0.3) is 0 Å². The van der Waals surface area contributed by atoms with Gasteiger partial charge < -0.3 is 15.2 Å². The number of carbonyl (C=O) groups excluding carboxylic acids is 1. The van der Waals surface area contributed by atoms with Crippen molar-refractivity contribution in [2.75, 3.05) is 0 Å². The number of aliphatic carboxylic acids is 1. The van der Waals surface area contributed by atoms with E-state index >= 15 is 0 Å². The number of rotatable bonds is 1. The lowest BCUT2D eigenvalue weighted by Gasteiger charge is -2.59. The Morgan fingerprint density at radius 1 is 1.41 bits per heavy atom. The Morgan fingerprint density at radius 2 is 2.18 bits per heavy atom. The standard InChI is InChI=1S/C17H19NO4/c1-16-7-6-10(8-12(16)15(20)21)17(9-16)18-14(19)11-4-2-3-5-13(11)22-17/h2-5,10,12H,6-9H2,1H3,(H,18,19)(H,20,21)/t10-,12+,16-,17+/m0/s1. The van der Waals surface area contributed by atoms with Gasteiger partial charge >= 0.3 is 5.97 Å². The maximum atomic E-state index is 12.4. The van der Waals surface area contributed by atoms with E-state index < -0.39 is 11.7 Å². The fourth-order valence-corrected chi connectivity index (χ4v) is 4.63. The smallest absolute Gasteiger partial charge is 0.307 e. The van der Waals surface area contributed by atoms with Crippen LogP contribution in [0.2, 0.25) is 0 Å². The number of para-hydroxylation sites is 1. The van der Waals surface area contributed by atoms with Crippen LogP contribution >= 0.6 is 0 Å². The molecule has 3 aliphatic carbocycles. The topological polar surface area (TPSA) is 75.6 Å². The monoisotopic (exact) mass is 301 g/mol. The van der Waals surface area contributed by atoms with Crippen molar-refractivity contribution in [3.63, 3.8) is 0 Å². The van der Waals surface area contributed by atoms with E-state index in [-0.39, 0.29) is 23.2 Å². The molecule has 1 aliphatic heterocycles. The molecule has 1 amide bonds. The molecule has 2 N–H and O–H groups in total. The average Bonchev–Trinajstić information content (AvgIpc) is 2.46. The Bertz CT molecular complexity index is 672. The van der Waals surface area contributed by atoms with Gasteiger partial charge in [0.25, 0.3) is 5.91 Å². The van der Waals surface area contributed by atoms with Crippen LogP contribution in [-0.4, -0.2) is 22.7 Å². The van der Waals surface area contributed by atoms with Gasteiger partial charge in [-0.25, -0.2) is 0 Å². The van der Waals surface area contributed by atoms with E-state index in [2.05, 4.69) is 5.32 Å². The molecule has 0 radical (unpaired) electrons. The van der Waals surface area contributed by atoms with Crippen LogP contribution in [0, 0.1) is 17.3 Å². The van der Waals surface area contributed by atoms with Crippen molar-refractivity contribution in [1.82, 2.24) is 5.32 Å². The number of hydrogen-bond acceptors (Lipinski definition) is 3. The minimum atomic E-state index is -0.746. The van der Waals surface area contributed by atoms with Gasteiger partial charge in [0, 0.05) is 12.3 Å². The molecule has 5 heteroatoms. The number of benzene rings is 1. The van der Waals surface area contributed by atoms with Gasteiger partial charge in [0.2, 0.25) is 0 Å². The van der Waals surface area contributed by atoms with E-state index in [1.165, 1.54) is 0 Å². The van der Waals surface area contributed by atoms with Gasteiger partial charge in [-0.05, 0) is 36.8 Å². The zero-order valence-corrected chi connectivity index (χ0v) is 12.5. The predicted molar refractivity (Wildman–Crippen MR) is 78.5 cm³/mol. The Hall–Kier alpha value is -2.04. The van der Waals surface area contributed by atoms with Gasteiger partial charge in [-0.15, -0.1) is 0 Å². The van der Waals surface area contributed by atoms with Crippen LogP contribution in [0.15, 0.2) is 24.3 Å². The SMILES string of the molecule is C[C@@]12CC[C@@H](C[C@@H]1C(=O)O)[C@]1(C2)NC(=O)c2ccccc2O1. The Kier molecular flexibility index (Phi) is 2.63. The molecule has 1 heterocycles. The van der Waals surface area contributed by atoms with Crippen molar-refractivity contribution in [2.24, 2.45) is 17.3 Å². The zero-order chi connectivity index (χ0) is 15.5. The van der Waals surface area contributed by atoms with Crippen molar-refractivity contribution in [3.05, 3.63) is 29.8 Å². The van der Waals surface area contributed by atoms with Gasteiger partial charge in [-0.2, -0.15) is 0 Å². The molecular weight excluding hydrogens is 282 g/mol. The maximum Gasteiger partial charge on any atom is 0.307 e. The highest BCUT2D eigenvalue weighted by atomic mass is 16.5. The predicted octanol–water partition coefficient (Wildman–Crippen LogP) is 2.42. The second kappa shape index (κ2) is 4.24. The molecule has 116 valence electrons. The Balaban J connectivity index is 1.73. The highest BCUT2D eigenvalue weighted by Crippen LogP contribution is 2.58. The van der Waals surface area contributed by atoms with E-state index in [0.717, 1.165) is 12.8 Å². The van der Waals surface area contributed by atoms with Crippen LogP contribution in [0.1, 0.15) is 43.0 Å². The third-order valence-corrected chi connectivity index (χ3v) is 5.80. The molecule has 5 nitrogen and oxygen atoms in total. The van der Waals surface area contributed by atoms with Crippen molar-refractivity contribution >= 4 is 11.9 Å². The first kappa shape index (κ1) is 13.6. The summed E-state index contributed by atoms with van der Waals surface area (Å²) in [5.41, 5.74) is -0.528. The summed E-state index contributed by atoms with van der Waals surface area (Å²) in [4.78, 5) is 24.0. The number of amides is 1. The molecular formula is C17H19NO4. The first-order valence-corrected chi connectivity index (χ1v) is 7.77. The first-order valence-electron chi connectivity index (χ1n) is 7.77. The van der Waals surface area contributed by atoms with Crippen LogP contribution < -0.4 is 10.1 Å². The van der Waals surface area contributed by atoms with Gasteiger partial charge in [-0.3, -0.25) is 9.59 Å². The fourth-order valence-electron chi connectivity index (χ4n) is 4.63. The number of ether oxygens (including phenoxy) is 1. The maximum absolute atomic E-state index is 12.4. The van der Waals surface area contributed by atoms with Crippen LogP contribution in [0.3, 0.4) is 0 Å². The normalized spacial score (nSPS) is 39.0. The third-order valence-electron chi connectivity index (χ3n) is 5.80. The summed E-state index contributed by atoms with van der Waals surface area (Å²) in [5.74, 6) is -0.550. The van der Waals surface area contributed by atoms with Crippen LogP contribution in [-0.2, 0) is 4.79 Å². The van der Waals surface area contributed by atoms with Gasteiger partial charge in [0.05, 0.1) is 11.5 Å². The molecule has 3 saturated carbocycles.